The minimum absolute atomic E-state index is 0.129. The molecule has 1 saturated heterocycles. The van der Waals surface area contributed by atoms with E-state index in [0.29, 0.717) is 12.8 Å². The van der Waals surface area contributed by atoms with Crippen molar-refractivity contribution in [1.29, 1.82) is 0 Å². The van der Waals surface area contributed by atoms with Gasteiger partial charge in [-0.1, -0.05) is 97.3 Å². The van der Waals surface area contributed by atoms with Crippen molar-refractivity contribution in [3.8, 4) is 0 Å². The van der Waals surface area contributed by atoms with Gasteiger partial charge in [-0.2, -0.15) is 0 Å². The number of rotatable bonds is 21. The molecule has 2 N–H and O–H groups in total. The molecule has 0 radical (unpaired) electrons. The molecule has 1 aliphatic heterocycles. The molecule has 32 heavy (non-hydrogen) atoms. The predicted octanol–water partition coefficient (Wildman–Crippen LogP) is 7.24. The van der Waals surface area contributed by atoms with E-state index in [4.69, 9.17) is 9.47 Å². The van der Waals surface area contributed by atoms with Crippen molar-refractivity contribution in [2.24, 2.45) is 5.92 Å². The third kappa shape index (κ3) is 14.5. The van der Waals surface area contributed by atoms with Crippen molar-refractivity contribution >= 4 is 5.97 Å². The van der Waals surface area contributed by atoms with Crippen LogP contribution in [0.3, 0.4) is 0 Å². The molecule has 1 aliphatic rings. The smallest absolute Gasteiger partial charge is 0.309 e. The summed E-state index contributed by atoms with van der Waals surface area (Å²) in [6, 6.07) is 0. The molecule has 0 aliphatic carbocycles. The second-order valence-electron chi connectivity index (χ2n) is 9.77. The predicted molar refractivity (Wildman–Crippen MR) is 131 cm³/mol. The van der Waals surface area contributed by atoms with E-state index in [2.05, 4.69) is 13.8 Å². The van der Waals surface area contributed by atoms with E-state index in [1.807, 2.05) is 0 Å². The average molecular weight is 457 g/mol. The van der Waals surface area contributed by atoms with Crippen molar-refractivity contribution in [2.75, 3.05) is 6.61 Å². The molecule has 1 heterocycles. The molecular weight excluding hydrogens is 404 g/mol. The number of hydrogen-bond donors (Lipinski definition) is 2. The molecule has 0 aromatic rings. The first-order valence-electron chi connectivity index (χ1n) is 13.8. The number of carboxylic acids is 1. The summed E-state index contributed by atoms with van der Waals surface area (Å²) in [4.78, 5) is 11.8. The molecule has 4 unspecified atom stereocenters. The lowest BCUT2D eigenvalue weighted by Crippen LogP contribution is -2.35. The van der Waals surface area contributed by atoms with Crippen LogP contribution in [0.1, 0.15) is 136 Å². The van der Waals surface area contributed by atoms with E-state index in [0.717, 1.165) is 64.4 Å². The number of carbonyl (C=O) groups is 1. The van der Waals surface area contributed by atoms with Gasteiger partial charge in [-0.3, -0.25) is 4.79 Å². The zero-order valence-corrected chi connectivity index (χ0v) is 21.1. The molecule has 0 bridgehead atoms. The van der Waals surface area contributed by atoms with E-state index >= 15 is 0 Å². The van der Waals surface area contributed by atoms with Crippen LogP contribution >= 0.6 is 0 Å². The summed E-state index contributed by atoms with van der Waals surface area (Å²) >= 11 is 0. The summed E-state index contributed by atoms with van der Waals surface area (Å²) in [5.41, 5.74) is 0. The third-order valence-electron chi connectivity index (χ3n) is 6.77. The highest BCUT2D eigenvalue weighted by molar-refractivity contribution is 5.70. The number of hydrogen-bond acceptors (Lipinski definition) is 4. The fraction of sp³-hybridized carbons (Fsp3) is 0.963. The van der Waals surface area contributed by atoms with Gasteiger partial charge in [0.25, 0.3) is 0 Å². The molecule has 0 aromatic carbocycles. The van der Waals surface area contributed by atoms with E-state index in [-0.39, 0.29) is 12.4 Å². The third-order valence-corrected chi connectivity index (χ3v) is 6.77. The summed E-state index contributed by atoms with van der Waals surface area (Å²) < 4.78 is 12.0. The maximum Gasteiger partial charge on any atom is 0.309 e. The van der Waals surface area contributed by atoms with Gasteiger partial charge in [-0.25, -0.2) is 0 Å². The van der Waals surface area contributed by atoms with Crippen molar-refractivity contribution in [3.63, 3.8) is 0 Å². The van der Waals surface area contributed by atoms with Crippen LogP contribution in [-0.2, 0) is 14.3 Å². The minimum Gasteiger partial charge on any atom is -0.481 e. The molecule has 5 heteroatoms. The second kappa shape index (κ2) is 19.8. The molecule has 0 saturated carbocycles. The Labute approximate surface area is 197 Å². The van der Waals surface area contributed by atoms with Gasteiger partial charge < -0.3 is 19.7 Å². The summed E-state index contributed by atoms with van der Waals surface area (Å²) in [7, 11) is 0. The normalized spacial score (nSPS) is 19.5. The van der Waals surface area contributed by atoms with Gasteiger partial charge in [0, 0.05) is 13.0 Å². The van der Waals surface area contributed by atoms with E-state index < -0.39 is 18.0 Å². The van der Waals surface area contributed by atoms with Gasteiger partial charge in [0.2, 0.25) is 0 Å². The van der Waals surface area contributed by atoms with Crippen LogP contribution in [0.2, 0.25) is 0 Å². The molecule has 5 nitrogen and oxygen atoms in total. The van der Waals surface area contributed by atoms with Crippen molar-refractivity contribution in [1.82, 2.24) is 0 Å². The van der Waals surface area contributed by atoms with Gasteiger partial charge in [0.05, 0.1) is 18.1 Å². The lowest BCUT2D eigenvalue weighted by atomic mass is 9.90. The highest BCUT2D eigenvalue weighted by Crippen LogP contribution is 2.25. The van der Waals surface area contributed by atoms with Crippen LogP contribution < -0.4 is 0 Å². The molecule has 0 amide bonds. The minimum atomic E-state index is -0.885. The number of carboxylic acid groups (broad SMARTS) is 1. The average Bonchev–Trinajstić information content (AvgIpc) is 2.78. The zero-order chi connectivity index (χ0) is 23.4. The summed E-state index contributed by atoms with van der Waals surface area (Å²) in [5, 5.41) is 20.4. The quantitative estimate of drug-likeness (QED) is 0.178. The zero-order valence-electron chi connectivity index (χ0n) is 21.1. The summed E-state index contributed by atoms with van der Waals surface area (Å²) in [6.07, 6.45) is 19.3. The van der Waals surface area contributed by atoms with E-state index in [1.54, 1.807) is 0 Å². The van der Waals surface area contributed by atoms with E-state index in [9.17, 15) is 15.0 Å². The Bertz CT molecular complexity index is 436. The summed E-state index contributed by atoms with van der Waals surface area (Å²) in [5.74, 6) is -1.59. The summed E-state index contributed by atoms with van der Waals surface area (Å²) in [6.45, 7) is 5.12. The topological polar surface area (TPSA) is 76.0 Å². The Kier molecular flexibility index (Phi) is 18.2. The van der Waals surface area contributed by atoms with Crippen LogP contribution in [0.4, 0.5) is 0 Å². The SMILES string of the molecule is CCCCCCCCCCCC(CC(O)C(CCCCCC)C(=O)O)OC1CCCCO1. The number of ether oxygens (including phenoxy) is 2. The van der Waals surface area contributed by atoms with E-state index in [1.165, 1.54) is 51.4 Å². The molecule has 1 fully saturated rings. The van der Waals surface area contributed by atoms with Crippen molar-refractivity contribution in [2.45, 2.75) is 154 Å². The van der Waals surface area contributed by atoms with Crippen molar-refractivity contribution < 1.29 is 24.5 Å². The molecule has 4 atom stereocenters. The molecule has 190 valence electrons. The number of aliphatic hydroxyl groups is 1. The Hall–Kier alpha value is -0.650. The number of unbranched alkanes of at least 4 members (excludes halogenated alkanes) is 11. The van der Waals surface area contributed by atoms with Gasteiger partial charge >= 0.3 is 5.97 Å². The van der Waals surface area contributed by atoms with Gasteiger partial charge in [0.15, 0.2) is 6.29 Å². The molecule has 0 aromatic heterocycles. The van der Waals surface area contributed by atoms with Crippen LogP contribution in [0.25, 0.3) is 0 Å². The largest absolute Gasteiger partial charge is 0.481 e. The first kappa shape index (κ1) is 29.4. The Morgan fingerprint density at radius 3 is 2.00 bits per heavy atom. The molecule has 0 spiro atoms. The van der Waals surface area contributed by atoms with Crippen LogP contribution in [0.5, 0.6) is 0 Å². The van der Waals surface area contributed by atoms with Gasteiger partial charge in [-0.05, 0) is 32.1 Å². The van der Waals surface area contributed by atoms with Gasteiger partial charge in [0.1, 0.15) is 0 Å². The number of aliphatic hydroxyl groups excluding tert-OH is 1. The standard InChI is InChI=1S/C27H52O5/c1-3-5-7-9-10-11-12-13-14-18-23(32-26-20-16-17-21-31-26)22-25(28)24(27(29)30)19-15-8-6-4-2/h23-26,28H,3-22H2,1-2H3,(H,29,30). The highest BCUT2D eigenvalue weighted by atomic mass is 16.7. The Morgan fingerprint density at radius 1 is 0.875 bits per heavy atom. The van der Waals surface area contributed by atoms with Crippen LogP contribution in [0, 0.1) is 5.92 Å². The Morgan fingerprint density at radius 2 is 1.44 bits per heavy atom. The van der Waals surface area contributed by atoms with Crippen LogP contribution in [-0.4, -0.2) is 41.3 Å². The lowest BCUT2D eigenvalue weighted by Gasteiger charge is -2.30. The lowest BCUT2D eigenvalue weighted by molar-refractivity contribution is -0.196. The first-order chi connectivity index (χ1) is 15.6. The van der Waals surface area contributed by atoms with Crippen molar-refractivity contribution in [3.05, 3.63) is 0 Å². The number of aliphatic carboxylic acids is 1. The van der Waals surface area contributed by atoms with Gasteiger partial charge in [-0.15, -0.1) is 0 Å². The second-order valence-corrected chi connectivity index (χ2v) is 9.77. The highest BCUT2D eigenvalue weighted by Gasteiger charge is 2.30. The molecule has 1 rings (SSSR count). The Balaban J connectivity index is 2.44. The maximum absolute atomic E-state index is 11.8. The fourth-order valence-electron chi connectivity index (χ4n) is 4.66. The van der Waals surface area contributed by atoms with Crippen LogP contribution in [0.15, 0.2) is 0 Å². The molecular formula is C27H52O5. The fourth-order valence-corrected chi connectivity index (χ4v) is 4.66. The maximum atomic E-state index is 11.8. The first-order valence-corrected chi connectivity index (χ1v) is 13.8. The monoisotopic (exact) mass is 456 g/mol.